The monoisotopic (exact) mass is 315 g/mol. The van der Waals surface area contributed by atoms with E-state index in [1.165, 1.54) is 4.57 Å². The van der Waals surface area contributed by atoms with Gasteiger partial charge in [0.25, 0.3) is 0 Å². The minimum absolute atomic E-state index is 0.0659. The van der Waals surface area contributed by atoms with Crippen molar-refractivity contribution in [3.63, 3.8) is 0 Å². The third kappa shape index (κ3) is 5.10. The molecule has 1 aromatic heterocycles. The standard InChI is InChI=1S/C15H26NO4P/c1-13(2,3)19-12(17)16-10-8-9-11(16)21-20-15(6,7)14(4,5)18/h8-10,18,21H,1-7H3. The van der Waals surface area contributed by atoms with Crippen LogP contribution in [0.25, 0.3) is 0 Å². The fourth-order valence-electron chi connectivity index (χ4n) is 1.24. The first-order valence-electron chi connectivity index (χ1n) is 6.90. The van der Waals surface area contributed by atoms with Gasteiger partial charge in [-0.25, -0.2) is 4.79 Å². The smallest absolute Gasteiger partial charge is 0.419 e. The van der Waals surface area contributed by atoms with E-state index >= 15 is 0 Å². The van der Waals surface area contributed by atoms with Crippen LogP contribution in [0.2, 0.25) is 0 Å². The van der Waals surface area contributed by atoms with Crippen LogP contribution in [0, 0.1) is 0 Å². The molecule has 0 amide bonds. The average molecular weight is 315 g/mol. The molecule has 0 bridgehead atoms. The highest BCUT2D eigenvalue weighted by Crippen LogP contribution is 2.32. The van der Waals surface area contributed by atoms with Crippen molar-refractivity contribution in [2.75, 3.05) is 0 Å². The predicted octanol–water partition coefficient (Wildman–Crippen LogP) is 3.06. The Kier molecular flexibility index (Phi) is 5.25. The topological polar surface area (TPSA) is 60.7 Å². The van der Waals surface area contributed by atoms with Gasteiger partial charge in [-0.15, -0.1) is 0 Å². The first-order valence-corrected chi connectivity index (χ1v) is 7.81. The zero-order chi connectivity index (χ0) is 16.5. The van der Waals surface area contributed by atoms with Crippen LogP contribution in [0.5, 0.6) is 0 Å². The van der Waals surface area contributed by atoms with Gasteiger partial charge in [-0.1, -0.05) is 0 Å². The number of carbonyl (C=O) groups is 1. The Morgan fingerprint density at radius 2 is 1.76 bits per heavy atom. The minimum Gasteiger partial charge on any atom is -0.443 e. The van der Waals surface area contributed by atoms with Gasteiger partial charge in [-0.2, -0.15) is 0 Å². The van der Waals surface area contributed by atoms with Crippen molar-refractivity contribution in [1.29, 1.82) is 0 Å². The second kappa shape index (κ2) is 6.07. The fraction of sp³-hybridized carbons (Fsp3) is 0.667. The largest absolute Gasteiger partial charge is 0.443 e. The summed E-state index contributed by atoms with van der Waals surface area (Å²) in [6.45, 7) is 12.5. The lowest BCUT2D eigenvalue weighted by Crippen LogP contribution is -2.46. The molecule has 5 nitrogen and oxygen atoms in total. The Labute approximate surface area is 128 Å². The SMILES string of the molecule is CC(C)(C)OC(=O)n1cccc1POC(C)(C)C(C)(C)O. The molecular formula is C15H26NO4P. The quantitative estimate of drug-likeness (QED) is 0.868. The van der Waals surface area contributed by atoms with Crippen molar-refractivity contribution in [1.82, 2.24) is 4.57 Å². The molecule has 0 fully saturated rings. The maximum Gasteiger partial charge on any atom is 0.419 e. The van der Waals surface area contributed by atoms with Crippen LogP contribution in [-0.4, -0.2) is 32.6 Å². The molecule has 0 aromatic carbocycles. The van der Waals surface area contributed by atoms with Crippen LogP contribution in [0.3, 0.4) is 0 Å². The maximum absolute atomic E-state index is 12.1. The summed E-state index contributed by atoms with van der Waals surface area (Å²) in [5.41, 5.74) is -1.55. The Morgan fingerprint density at radius 3 is 2.24 bits per heavy atom. The third-order valence-corrected chi connectivity index (χ3v) is 4.45. The van der Waals surface area contributed by atoms with E-state index in [-0.39, 0.29) is 8.81 Å². The predicted molar refractivity (Wildman–Crippen MR) is 85.5 cm³/mol. The lowest BCUT2D eigenvalue weighted by molar-refractivity contribution is -0.0833. The molecule has 1 rings (SSSR count). The number of ether oxygens (including phenoxy) is 1. The molecule has 0 aliphatic heterocycles. The van der Waals surface area contributed by atoms with Crippen LogP contribution >= 0.6 is 8.81 Å². The molecule has 1 aromatic rings. The van der Waals surface area contributed by atoms with Gasteiger partial charge in [0.2, 0.25) is 0 Å². The van der Waals surface area contributed by atoms with Crippen LogP contribution in [-0.2, 0) is 9.26 Å². The summed E-state index contributed by atoms with van der Waals surface area (Å²) in [6, 6.07) is 3.58. The number of rotatable bonds is 4. The second-order valence-corrected chi connectivity index (χ2v) is 7.94. The van der Waals surface area contributed by atoms with Crippen LogP contribution in [0.1, 0.15) is 48.5 Å². The summed E-state index contributed by atoms with van der Waals surface area (Å²) in [5.74, 6) is 0. The molecule has 120 valence electrons. The van der Waals surface area contributed by atoms with E-state index in [0.717, 1.165) is 0 Å². The van der Waals surface area contributed by atoms with Gasteiger partial charge >= 0.3 is 6.09 Å². The van der Waals surface area contributed by atoms with Crippen LogP contribution in [0.15, 0.2) is 18.3 Å². The van der Waals surface area contributed by atoms with Gasteiger partial charge in [-0.05, 0) is 60.6 Å². The van der Waals surface area contributed by atoms with Crippen molar-refractivity contribution in [2.24, 2.45) is 0 Å². The molecule has 1 atom stereocenters. The van der Waals surface area contributed by atoms with Crippen molar-refractivity contribution in [3.05, 3.63) is 18.3 Å². The van der Waals surface area contributed by atoms with E-state index in [1.807, 2.05) is 40.7 Å². The first-order chi connectivity index (χ1) is 9.33. The zero-order valence-corrected chi connectivity index (χ0v) is 14.9. The summed E-state index contributed by atoms with van der Waals surface area (Å²) in [5, 5.41) is 10.1. The summed E-state index contributed by atoms with van der Waals surface area (Å²) in [6.07, 6.45) is 1.22. The molecule has 0 radical (unpaired) electrons. The van der Waals surface area contributed by atoms with Crippen LogP contribution < -0.4 is 5.44 Å². The average Bonchev–Trinajstić information content (AvgIpc) is 2.70. The van der Waals surface area contributed by atoms with Gasteiger partial charge in [0.15, 0.2) is 0 Å². The highest BCUT2D eigenvalue weighted by atomic mass is 31.1. The van der Waals surface area contributed by atoms with Gasteiger partial charge in [-0.3, -0.25) is 4.57 Å². The van der Waals surface area contributed by atoms with E-state index in [9.17, 15) is 9.90 Å². The number of hydrogen-bond acceptors (Lipinski definition) is 4. The molecule has 21 heavy (non-hydrogen) atoms. The molecule has 6 heteroatoms. The van der Waals surface area contributed by atoms with Crippen LogP contribution in [0.4, 0.5) is 4.79 Å². The molecule has 0 aliphatic carbocycles. The Hall–Kier alpha value is -0.900. The molecule has 1 N–H and O–H groups in total. The van der Waals surface area contributed by atoms with Crippen molar-refractivity contribution in [2.45, 2.75) is 65.3 Å². The maximum atomic E-state index is 12.1. The van der Waals surface area contributed by atoms with Gasteiger partial charge < -0.3 is 14.4 Å². The number of aromatic nitrogens is 1. The number of carbonyl (C=O) groups excluding carboxylic acids is 1. The van der Waals surface area contributed by atoms with E-state index in [1.54, 1.807) is 26.1 Å². The van der Waals surface area contributed by atoms with Gasteiger partial charge in [0.1, 0.15) is 5.60 Å². The summed E-state index contributed by atoms with van der Waals surface area (Å²) in [7, 11) is -0.0659. The highest BCUT2D eigenvalue weighted by molar-refractivity contribution is 7.41. The molecule has 0 aliphatic rings. The lowest BCUT2D eigenvalue weighted by atomic mass is 9.90. The van der Waals surface area contributed by atoms with Crippen molar-refractivity contribution >= 4 is 20.3 Å². The van der Waals surface area contributed by atoms with Gasteiger partial charge in [0.05, 0.1) is 25.4 Å². The van der Waals surface area contributed by atoms with E-state index < -0.39 is 22.9 Å². The number of hydrogen-bond donors (Lipinski definition) is 1. The molecular weight excluding hydrogens is 289 g/mol. The minimum atomic E-state index is -0.983. The van der Waals surface area contributed by atoms with Crippen molar-refractivity contribution in [3.8, 4) is 0 Å². The van der Waals surface area contributed by atoms with Gasteiger partial charge in [0, 0.05) is 6.20 Å². The van der Waals surface area contributed by atoms with E-state index in [0.29, 0.717) is 5.44 Å². The second-order valence-electron chi connectivity index (χ2n) is 7.02. The molecule has 1 unspecified atom stereocenters. The highest BCUT2D eigenvalue weighted by Gasteiger charge is 2.36. The summed E-state index contributed by atoms with van der Waals surface area (Å²) >= 11 is 0. The lowest BCUT2D eigenvalue weighted by Gasteiger charge is -2.36. The van der Waals surface area contributed by atoms with E-state index in [4.69, 9.17) is 9.26 Å². The zero-order valence-electron chi connectivity index (χ0n) is 13.9. The first kappa shape index (κ1) is 18.1. The molecule has 0 spiro atoms. The number of aliphatic hydroxyl groups is 1. The molecule has 0 saturated heterocycles. The number of nitrogens with zero attached hydrogens (tertiary/aromatic N) is 1. The van der Waals surface area contributed by atoms with Crippen molar-refractivity contribution < 1.29 is 19.2 Å². The summed E-state index contributed by atoms with van der Waals surface area (Å²) < 4.78 is 12.6. The third-order valence-electron chi connectivity index (χ3n) is 3.22. The Morgan fingerprint density at radius 1 is 1.19 bits per heavy atom. The molecule has 1 heterocycles. The Balaban J connectivity index is 2.80. The fourth-order valence-corrected chi connectivity index (χ4v) is 2.28. The van der Waals surface area contributed by atoms with E-state index in [2.05, 4.69) is 0 Å². The summed E-state index contributed by atoms with van der Waals surface area (Å²) in [4.78, 5) is 12.1. The molecule has 0 saturated carbocycles. The Bertz CT molecular complexity index is 495. The normalized spacial score (nSPS) is 13.9.